The highest BCUT2D eigenvalue weighted by Gasteiger charge is 2.10. The molecule has 1 heterocycles. The fourth-order valence-corrected chi connectivity index (χ4v) is 1.75. The monoisotopic (exact) mass is 251 g/mol. The summed E-state index contributed by atoms with van der Waals surface area (Å²) in [5.74, 6) is -0.500. The minimum atomic E-state index is -0.500. The van der Waals surface area contributed by atoms with Crippen LogP contribution in [0.25, 0.3) is 10.9 Å². The molecule has 1 unspecified atom stereocenters. The van der Waals surface area contributed by atoms with Gasteiger partial charge in [-0.2, -0.15) is 0 Å². The van der Waals surface area contributed by atoms with E-state index >= 15 is 0 Å². The summed E-state index contributed by atoms with van der Waals surface area (Å²) >= 11 is 0. The molecular formula is C12H14FN3O2. The number of hydrogen-bond acceptors (Lipinski definition) is 3. The molecule has 18 heavy (non-hydrogen) atoms. The van der Waals surface area contributed by atoms with Gasteiger partial charge in [0.25, 0.3) is 5.56 Å². The van der Waals surface area contributed by atoms with Gasteiger partial charge in [0.1, 0.15) is 5.82 Å². The maximum Gasteiger partial charge on any atom is 0.328 e. The molecule has 1 atom stereocenters. The van der Waals surface area contributed by atoms with Gasteiger partial charge in [-0.3, -0.25) is 9.36 Å². The summed E-state index contributed by atoms with van der Waals surface area (Å²) in [6, 6.07) is 3.70. The molecule has 2 rings (SSSR count). The zero-order valence-electron chi connectivity index (χ0n) is 10.2. The molecule has 0 spiro atoms. The first-order chi connectivity index (χ1) is 8.52. The Morgan fingerprint density at radius 2 is 2.17 bits per heavy atom. The van der Waals surface area contributed by atoms with Crippen molar-refractivity contribution in [3.63, 3.8) is 0 Å². The lowest BCUT2D eigenvalue weighted by atomic mass is 10.2. The van der Waals surface area contributed by atoms with Gasteiger partial charge in [-0.15, -0.1) is 0 Å². The minimum Gasteiger partial charge on any atom is -0.315 e. The molecule has 0 saturated heterocycles. The third kappa shape index (κ3) is 2.19. The van der Waals surface area contributed by atoms with Crippen LogP contribution in [0.3, 0.4) is 0 Å². The average molecular weight is 251 g/mol. The predicted molar refractivity (Wildman–Crippen MR) is 67.3 cm³/mol. The van der Waals surface area contributed by atoms with Crippen molar-refractivity contribution >= 4 is 10.9 Å². The quantitative estimate of drug-likeness (QED) is 0.831. The molecular weight excluding hydrogens is 237 g/mol. The van der Waals surface area contributed by atoms with E-state index < -0.39 is 17.1 Å². The van der Waals surface area contributed by atoms with Crippen LogP contribution in [0.2, 0.25) is 0 Å². The van der Waals surface area contributed by atoms with Gasteiger partial charge in [0.2, 0.25) is 0 Å². The van der Waals surface area contributed by atoms with Crippen LogP contribution in [-0.2, 0) is 6.54 Å². The highest BCUT2D eigenvalue weighted by atomic mass is 19.1. The number of hydrogen-bond donors (Lipinski definition) is 2. The molecule has 5 nitrogen and oxygen atoms in total. The summed E-state index contributed by atoms with van der Waals surface area (Å²) in [7, 11) is 1.74. The van der Waals surface area contributed by atoms with E-state index in [0.29, 0.717) is 5.52 Å². The second-order valence-electron chi connectivity index (χ2n) is 4.23. The molecule has 96 valence electrons. The van der Waals surface area contributed by atoms with Crippen molar-refractivity contribution in [1.29, 1.82) is 0 Å². The molecule has 2 aromatic rings. The highest BCUT2D eigenvalue weighted by Crippen LogP contribution is 2.07. The van der Waals surface area contributed by atoms with Crippen LogP contribution in [0.15, 0.2) is 27.8 Å². The number of nitrogens with one attached hydrogen (secondary N) is 2. The predicted octanol–water partition coefficient (Wildman–Crippen LogP) is 0.437. The van der Waals surface area contributed by atoms with Crippen molar-refractivity contribution in [3.8, 4) is 0 Å². The molecule has 0 bridgehead atoms. The summed E-state index contributed by atoms with van der Waals surface area (Å²) in [6.45, 7) is 2.08. The summed E-state index contributed by atoms with van der Waals surface area (Å²) in [5, 5.41) is 3.12. The van der Waals surface area contributed by atoms with Crippen molar-refractivity contribution in [1.82, 2.24) is 14.9 Å². The standard InChI is InChI=1S/C12H14FN3O2/c1-7(14-2)6-16-11(17)9-5-8(13)3-4-10(9)15-12(16)18/h3-5,7,14H,6H2,1-2H3,(H,15,18). The first kappa shape index (κ1) is 12.5. The van der Waals surface area contributed by atoms with E-state index in [1.807, 2.05) is 6.92 Å². The van der Waals surface area contributed by atoms with E-state index in [1.165, 1.54) is 12.1 Å². The van der Waals surface area contributed by atoms with E-state index in [-0.39, 0.29) is 18.0 Å². The summed E-state index contributed by atoms with van der Waals surface area (Å²) < 4.78 is 14.2. The van der Waals surface area contributed by atoms with Crippen LogP contribution in [0.4, 0.5) is 4.39 Å². The molecule has 6 heteroatoms. The number of fused-ring (bicyclic) bond motifs is 1. The Bertz CT molecular complexity index is 690. The average Bonchev–Trinajstić information content (AvgIpc) is 2.35. The van der Waals surface area contributed by atoms with E-state index in [4.69, 9.17) is 0 Å². The molecule has 0 fully saturated rings. The number of benzene rings is 1. The number of likely N-dealkylation sites (N-methyl/N-ethyl adjacent to an activating group) is 1. The molecule has 2 N–H and O–H groups in total. The van der Waals surface area contributed by atoms with Gasteiger partial charge < -0.3 is 10.3 Å². The van der Waals surface area contributed by atoms with Gasteiger partial charge in [0, 0.05) is 12.6 Å². The SMILES string of the molecule is CNC(C)Cn1c(=O)[nH]c2ccc(F)cc2c1=O. The maximum absolute atomic E-state index is 13.1. The highest BCUT2D eigenvalue weighted by molar-refractivity contribution is 5.77. The van der Waals surface area contributed by atoms with Gasteiger partial charge >= 0.3 is 5.69 Å². The first-order valence-electron chi connectivity index (χ1n) is 5.62. The third-order valence-electron chi connectivity index (χ3n) is 2.89. The normalized spacial score (nSPS) is 12.8. The van der Waals surface area contributed by atoms with E-state index in [2.05, 4.69) is 10.3 Å². The topological polar surface area (TPSA) is 66.9 Å². The van der Waals surface area contributed by atoms with Crippen LogP contribution in [0.1, 0.15) is 6.92 Å². The van der Waals surface area contributed by atoms with Crippen LogP contribution >= 0.6 is 0 Å². The number of halogens is 1. The fraction of sp³-hybridized carbons (Fsp3) is 0.333. The second kappa shape index (κ2) is 4.73. The largest absolute Gasteiger partial charge is 0.328 e. The van der Waals surface area contributed by atoms with Gasteiger partial charge in [0.05, 0.1) is 10.9 Å². The Morgan fingerprint density at radius 1 is 1.44 bits per heavy atom. The molecule has 0 aliphatic heterocycles. The van der Waals surface area contributed by atoms with Crippen molar-refractivity contribution < 1.29 is 4.39 Å². The molecule has 0 amide bonds. The summed E-state index contributed by atoms with van der Waals surface area (Å²) in [6.07, 6.45) is 0. The van der Waals surface area contributed by atoms with Gasteiger partial charge in [0.15, 0.2) is 0 Å². The van der Waals surface area contributed by atoms with Crippen LogP contribution in [-0.4, -0.2) is 22.6 Å². The van der Waals surface area contributed by atoms with Crippen molar-refractivity contribution in [3.05, 3.63) is 44.9 Å². The Labute approximate surface area is 102 Å². The smallest absolute Gasteiger partial charge is 0.315 e. The summed E-state index contributed by atoms with van der Waals surface area (Å²) in [5.41, 5.74) is -0.615. The minimum absolute atomic E-state index is 0.0326. The Morgan fingerprint density at radius 3 is 2.83 bits per heavy atom. The first-order valence-corrected chi connectivity index (χ1v) is 5.62. The second-order valence-corrected chi connectivity index (χ2v) is 4.23. The number of H-pyrrole nitrogens is 1. The lowest BCUT2D eigenvalue weighted by Crippen LogP contribution is -2.40. The van der Waals surface area contributed by atoms with Gasteiger partial charge in [-0.1, -0.05) is 0 Å². The number of rotatable bonds is 3. The summed E-state index contributed by atoms with van der Waals surface area (Å²) in [4.78, 5) is 26.4. The number of aromatic amines is 1. The van der Waals surface area contributed by atoms with Crippen molar-refractivity contribution in [2.24, 2.45) is 0 Å². The van der Waals surface area contributed by atoms with Gasteiger partial charge in [-0.05, 0) is 32.2 Å². The van der Waals surface area contributed by atoms with E-state index in [1.54, 1.807) is 7.05 Å². The van der Waals surface area contributed by atoms with E-state index in [0.717, 1.165) is 10.6 Å². The Kier molecular flexibility index (Phi) is 3.29. The van der Waals surface area contributed by atoms with Crippen LogP contribution in [0.5, 0.6) is 0 Å². The molecule has 0 radical (unpaired) electrons. The lowest BCUT2D eigenvalue weighted by Gasteiger charge is -2.12. The third-order valence-corrected chi connectivity index (χ3v) is 2.89. The van der Waals surface area contributed by atoms with Crippen LogP contribution in [0, 0.1) is 5.82 Å². The number of aromatic nitrogens is 2. The maximum atomic E-state index is 13.1. The zero-order chi connectivity index (χ0) is 13.3. The van der Waals surface area contributed by atoms with Crippen molar-refractivity contribution in [2.75, 3.05) is 7.05 Å². The Balaban J connectivity index is 2.68. The Hall–Kier alpha value is -1.95. The molecule has 0 aliphatic carbocycles. The lowest BCUT2D eigenvalue weighted by molar-refractivity contribution is 0.492. The zero-order valence-corrected chi connectivity index (χ0v) is 10.2. The van der Waals surface area contributed by atoms with E-state index in [9.17, 15) is 14.0 Å². The molecule has 1 aromatic carbocycles. The number of nitrogens with zero attached hydrogens (tertiary/aromatic N) is 1. The molecule has 0 aliphatic rings. The van der Waals surface area contributed by atoms with Crippen LogP contribution < -0.4 is 16.6 Å². The fourth-order valence-electron chi connectivity index (χ4n) is 1.75. The molecule has 0 saturated carbocycles. The van der Waals surface area contributed by atoms with Gasteiger partial charge in [-0.25, -0.2) is 9.18 Å². The van der Waals surface area contributed by atoms with Crippen molar-refractivity contribution in [2.45, 2.75) is 19.5 Å². The molecule has 1 aromatic heterocycles.